The highest BCUT2D eigenvalue weighted by Gasteiger charge is 2.12. The summed E-state index contributed by atoms with van der Waals surface area (Å²) >= 11 is 1.65. The van der Waals surface area contributed by atoms with Crippen molar-refractivity contribution in [2.45, 2.75) is 25.9 Å². The molecule has 2 rings (SSSR count). The molecule has 4 heteroatoms. The van der Waals surface area contributed by atoms with Gasteiger partial charge in [0.05, 0.1) is 11.9 Å². The monoisotopic (exact) mass is 259 g/mol. The fourth-order valence-electron chi connectivity index (χ4n) is 1.38. The van der Waals surface area contributed by atoms with E-state index in [-0.39, 0.29) is 5.41 Å². The third-order valence-corrected chi connectivity index (χ3v) is 3.68. The second-order valence-corrected chi connectivity index (χ2v) is 6.28. The summed E-state index contributed by atoms with van der Waals surface area (Å²) in [5.41, 5.74) is 2.21. The highest BCUT2D eigenvalue weighted by Crippen LogP contribution is 2.25. The van der Waals surface area contributed by atoms with Crippen LogP contribution in [0.4, 0.5) is 0 Å². The summed E-state index contributed by atoms with van der Waals surface area (Å²) in [6, 6.07) is 10.1. The summed E-state index contributed by atoms with van der Waals surface area (Å²) in [5, 5.41) is 8.84. The molecule has 1 aromatic heterocycles. The second-order valence-electron chi connectivity index (χ2n) is 5.34. The van der Waals surface area contributed by atoms with Crippen LogP contribution in [0.3, 0.4) is 0 Å². The Balaban J connectivity index is 2.16. The lowest BCUT2D eigenvalue weighted by atomic mass is 10.0. The number of hydrogen-bond acceptors (Lipinski definition) is 4. The van der Waals surface area contributed by atoms with E-state index < -0.39 is 0 Å². The quantitative estimate of drug-likeness (QED) is 0.788. The number of thioether (sulfide) groups is 1. The van der Waals surface area contributed by atoms with Crippen LogP contribution in [0.1, 0.15) is 20.8 Å². The van der Waals surface area contributed by atoms with E-state index in [2.05, 4.69) is 36.0 Å². The number of benzene rings is 1. The van der Waals surface area contributed by atoms with Crippen molar-refractivity contribution in [3.05, 3.63) is 36.5 Å². The molecule has 0 spiro atoms. The molecule has 1 heterocycles. The van der Waals surface area contributed by atoms with Crippen molar-refractivity contribution in [1.82, 2.24) is 15.2 Å². The minimum absolute atomic E-state index is 0.261. The van der Waals surface area contributed by atoms with E-state index in [0.29, 0.717) is 0 Å². The van der Waals surface area contributed by atoms with Crippen LogP contribution in [-0.4, -0.2) is 20.9 Å². The lowest BCUT2D eigenvalue weighted by Gasteiger charge is -2.16. The molecule has 0 N–H and O–H groups in total. The van der Waals surface area contributed by atoms with E-state index in [1.54, 1.807) is 18.0 Å². The van der Waals surface area contributed by atoms with E-state index in [9.17, 15) is 0 Å². The summed E-state index contributed by atoms with van der Waals surface area (Å²) in [7, 11) is 0. The maximum atomic E-state index is 4.54. The molecule has 0 saturated heterocycles. The van der Waals surface area contributed by atoms with Gasteiger partial charge in [0.25, 0.3) is 0 Å². The molecule has 2 aromatic rings. The molecule has 0 amide bonds. The molecule has 0 atom stereocenters. The molecule has 0 unspecified atom stereocenters. The van der Waals surface area contributed by atoms with E-state index in [1.807, 2.05) is 30.3 Å². The Hall–Kier alpha value is -1.42. The van der Waals surface area contributed by atoms with Crippen LogP contribution in [-0.2, 0) is 0 Å². The zero-order valence-electron chi connectivity index (χ0n) is 10.9. The maximum Gasteiger partial charge on any atom is 0.209 e. The Morgan fingerprint density at radius 1 is 1.11 bits per heavy atom. The molecule has 18 heavy (non-hydrogen) atoms. The van der Waals surface area contributed by atoms with Gasteiger partial charge in [0.15, 0.2) is 0 Å². The van der Waals surface area contributed by atoms with Crippen LogP contribution in [0.5, 0.6) is 0 Å². The van der Waals surface area contributed by atoms with Gasteiger partial charge >= 0.3 is 0 Å². The van der Waals surface area contributed by atoms with Crippen molar-refractivity contribution < 1.29 is 0 Å². The first kappa shape index (κ1) is 13.0. The fraction of sp³-hybridized carbons (Fsp3) is 0.357. The van der Waals surface area contributed by atoms with Gasteiger partial charge in [0, 0.05) is 11.3 Å². The van der Waals surface area contributed by atoms with Crippen molar-refractivity contribution in [2.24, 2.45) is 5.41 Å². The molecule has 0 bridgehead atoms. The third-order valence-electron chi connectivity index (χ3n) is 2.24. The molecule has 0 aliphatic heterocycles. The van der Waals surface area contributed by atoms with E-state index >= 15 is 0 Å². The topological polar surface area (TPSA) is 38.7 Å². The first-order valence-corrected chi connectivity index (χ1v) is 6.91. The van der Waals surface area contributed by atoms with Gasteiger partial charge in [-0.2, -0.15) is 5.10 Å². The van der Waals surface area contributed by atoms with E-state index in [1.165, 1.54) is 0 Å². The Kier molecular flexibility index (Phi) is 3.97. The lowest BCUT2D eigenvalue weighted by molar-refractivity contribution is 0.480. The lowest BCUT2D eigenvalue weighted by Crippen LogP contribution is -2.09. The van der Waals surface area contributed by atoms with Crippen molar-refractivity contribution in [2.75, 3.05) is 5.75 Å². The van der Waals surface area contributed by atoms with Crippen molar-refractivity contribution in [1.29, 1.82) is 0 Å². The summed E-state index contributed by atoms with van der Waals surface area (Å²) < 4.78 is 0. The molecule has 0 saturated carbocycles. The zero-order chi connectivity index (χ0) is 13.0. The van der Waals surface area contributed by atoms with Crippen molar-refractivity contribution in [3.8, 4) is 11.3 Å². The Labute approximate surface area is 112 Å². The minimum Gasteiger partial charge on any atom is -0.219 e. The molecular weight excluding hydrogens is 242 g/mol. The van der Waals surface area contributed by atoms with Gasteiger partial charge in [-0.3, -0.25) is 0 Å². The SMILES string of the molecule is CC(C)(C)CSc1nncc(-c2ccccc2)n1. The van der Waals surface area contributed by atoms with Crippen LogP contribution < -0.4 is 0 Å². The van der Waals surface area contributed by atoms with Gasteiger partial charge in [0.2, 0.25) is 5.16 Å². The average molecular weight is 259 g/mol. The Morgan fingerprint density at radius 3 is 2.50 bits per heavy atom. The number of hydrogen-bond donors (Lipinski definition) is 0. The van der Waals surface area contributed by atoms with Gasteiger partial charge < -0.3 is 0 Å². The number of nitrogens with zero attached hydrogens (tertiary/aromatic N) is 3. The summed E-state index contributed by atoms with van der Waals surface area (Å²) in [5.74, 6) is 0.979. The Bertz CT molecular complexity index is 506. The summed E-state index contributed by atoms with van der Waals surface area (Å²) in [4.78, 5) is 4.54. The predicted octanol–water partition coefficient (Wildman–Crippen LogP) is 3.68. The highest BCUT2D eigenvalue weighted by atomic mass is 32.2. The summed E-state index contributed by atoms with van der Waals surface area (Å²) in [6.07, 6.45) is 1.70. The molecule has 1 aromatic carbocycles. The summed E-state index contributed by atoms with van der Waals surface area (Å²) in [6.45, 7) is 6.61. The normalized spacial score (nSPS) is 11.5. The van der Waals surface area contributed by atoms with Crippen LogP contribution in [0, 0.1) is 5.41 Å². The number of aromatic nitrogens is 3. The fourth-order valence-corrected chi connectivity index (χ4v) is 2.21. The van der Waals surface area contributed by atoms with Gasteiger partial charge in [-0.15, -0.1) is 5.10 Å². The van der Waals surface area contributed by atoms with Crippen LogP contribution >= 0.6 is 11.8 Å². The molecule has 0 fully saturated rings. The van der Waals surface area contributed by atoms with Crippen LogP contribution in [0.25, 0.3) is 11.3 Å². The first-order valence-electron chi connectivity index (χ1n) is 5.92. The van der Waals surface area contributed by atoms with Gasteiger partial charge in [-0.1, -0.05) is 62.9 Å². The van der Waals surface area contributed by atoms with Crippen molar-refractivity contribution >= 4 is 11.8 Å². The molecule has 94 valence electrons. The number of rotatable bonds is 3. The molecule has 0 aliphatic rings. The van der Waals surface area contributed by atoms with Crippen LogP contribution in [0.2, 0.25) is 0 Å². The van der Waals surface area contributed by atoms with Gasteiger partial charge in [-0.25, -0.2) is 4.98 Å². The van der Waals surface area contributed by atoms with Crippen LogP contribution in [0.15, 0.2) is 41.7 Å². The molecule has 3 nitrogen and oxygen atoms in total. The van der Waals surface area contributed by atoms with E-state index in [4.69, 9.17) is 0 Å². The Morgan fingerprint density at radius 2 is 1.83 bits per heavy atom. The smallest absolute Gasteiger partial charge is 0.209 e. The highest BCUT2D eigenvalue weighted by molar-refractivity contribution is 7.99. The molecule has 0 aliphatic carbocycles. The maximum absolute atomic E-state index is 4.54. The van der Waals surface area contributed by atoms with Gasteiger partial charge in [-0.05, 0) is 5.41 Å². The largest absolute Gasteiger partial charge is 0.219 e. The zero-order valence-corrected chi connectivity index (χ0v) is 11.7. The van der Waals surface area contributed by atoms with E-state index in [0.717, 1.165) is 22.2 Å². The van der Waals surface area contributed by atoms with Gasteiger partial charge in [0.1, 0.15) is 0 Å². The molecule has 0 radical (unpaired) electrons. The average Bonchev–Trinajstić information content (AvgIpc) is 2.37. The minimum atomic E-state index is 0.261. The third kappa shape index (κ3) is 3.81. The second kappa shape index (κ2) is 5.48. The standard InChI is InChI=1S/C14H17N3S/c1-14(2,3)10-18-13-16-12(9-15-17-13)11-7-5-4-6-8-11/h4-9H,10H2,1-3H3. The first-order chi connectivity index (χ1) is 8.54. The van der Waals surface area contributed by atoms with Crippen molar-refractivity contribution in [3.63, 3.8) is 0 Å². The predicted molar refractivity (Wildman–Crippen MR) is 75.4 cm³/mol. The molecular formula is C14H17N3S.